The number of aliphatic hydroxyl groups is 2. The highest BCUT2D eigenvalue weighted by molar-refractivity contribution is 5.85. The summed E-state index contributed by atoms with van der Waals surface area (Å²) in [6.07, 6.45) is 4.13. The topological polar surface area (TPSA) is 60.8 Å². The van der Waals surface area contributed by atoms with E-state index in [1.54, 1.807) is 0 Å². The van der Waals surface area contributed by atoms with Gasteiger partial charge < -0.3 is 10.2 Å². The summed E-state index contributed by atoms with van der Waals surface area (Å²) in [4.78, 5) is 15.0. The highest BCUT2D eigenvalue weighted by atomic mass is 16.3. The maximum atomic E-state index is 12.6. The second-order valence-corrected chi connectivity index (χ2v) is 7.65. The van der Waals surface area contributed by atoms with Crippen LogP contribution in [-0.4, -0.2) is 51.2 Å². The Hall–Kier alpha value is -0.450. The molecule has 0 aromatic carbocycles. The molecule has 2 aliphatic carbocycles. The third-order valence-corrected chi connectivity index (χ3v) is 6.74. The molecule has 0 radical (unpaired) electrons. The highest BCUT2D eigenvalue weighted by Crippen LogP contribution is 2.61. The van der Waals surface area contributed by atoms with Crippen LogP contribution in [0, 0.1) is 17.8 Å². The summed E-state index contributed by atoms with van der Waals surface area (Å²) in [5.74, 6) is 0.758. The Balaban J connectivity index is 1.91. The molecule has 4 fully saturated rings. The minimum absolute atomic E-state index is 0.0501. The van der Waals surface area contributed by atoms with Crippen LogP contribution in [0.5, 0.6) is 0 Å². The molecule has 0 aromatic heterocycles. The maximum absolute atomic E-state index is 12.6. The Bertz CT molecular complexity index is 453. The van der Waals surface area contributed by atoms with Crippen molar-refractivity contribution >= 4 is 5.78 Å². The maximum Gasteiger partial charge on any atom is 0.138 e. The van der Waals surface area contributed by atoms with E-state index in [0.717, 1.165) is 38.8 Å². The fourth-order valence-electron chi connectivity index (χ4n) is 6.17. The van der Waals surface area contributed by atoms with E-state index >= 15 is 0 Å². The van der Waals surface area contributed by atoms with Gasteiger partial charge in [-0.05, 0) is 50.5 Å². The van der Waals surface area contributed by atoms with Gasteiger partial charge in [0.2, 0.25) is 0 Å². The first-order valence-corrected chi connectivity index (χ1v) is 8.18. The normalized spacial score (nSPS) is 55.5. The number of rotatable bonds is 0. The van der Waals surface area contributed by atoms with E-state index in [-0.39, 0.29) is 11.8 Å². The minimum atomic E-state index is -1.06. The first-order valence-electron chi connectivity index (χ1n) is 8.18. The van der Waals surface area contributed by atoms with Crippen molar-refractivity contribution in [3.8, 4) is 0 Å². The van der Waals surface area contributed by atoms with Gasteiger partial charge in [0.25, 0.3) is 0 Å². The SMILES string of the molecule is CC1CC2CC(=O)C3CCCN4CCC(O)C2(O)C34C1. The average Bonchev–Trinajstić information content (AvgIpc) is 2.39. The van der Waals surface area contributed by atoms with Crippen molar-refractivity contribution in [3.05, 3.63) is 0 Å². The molecule has 2 bridgehead atoms. The highest BCUT2D eigenvalue weighted by Gasteiger charge is 2.72. The lowest BCUT2D eigenvalue weighted by atomic mass is 9.45. The van der Waals surface area contributed by atoms with Gasteiger partial charge in [-0.3, -0.25) is 9.69 Å². The molecule has 2 N–H and O–H groups in total. The lowest BCUT2D eigenvalue weighted by molar-refractivity contribution is -0.285. The van der Waals surface area contributed by atoms with Gasteiger partial charge in [-0.25, -0.2) is 0 Å². The van der Waals surface area contributed by atoms with Crippen molar-refractivity contribution in [2.75, 3.05) is 13.1 Å². The molecule has 0 aromatic rings. The number of carbonyl (C=O) groups excluding carboxylic acids is 1. The Morgan fingerprint density at radius 2 is 2.10 bits per heavy atom. The first kappa shape index (κ1) is 13.2. The summed E-state index contributed by atoms with van der Waals surface area (Å²) in [5, 5.41) is 22.1. The van der Waals surface area contributed by atoms with Crippen LogP contribution in [0.25, 0.3) is 0 Å². The van der Waals surface area contributed by atoms with Crippen LogP contribution in [0.15, 0.2) is 0 Å². The van der Waals surface area contributed by atoms with Gasteiger partial charge in [-0.15, -0.1) is 0 Å². The molecule has 2 saturated heterocycles. The Kier molecular flexibility index (Phi) is 2.68. The van der Waals surface area contributed by atoms with E-state index < -0.39 is 17.2 Å². The number of hydrogen-bond acceptors (Lipinski definition) is 4. The summed E-state index contributed by atoms with van der Waals surface area (Å²) in [5.41, 5.74) is -1.53. The van der Waals surface area contributed by atoms with Crippen molar-refractivity contribution in [1.29, 1.82) is 0 Å². The number of carbonyl (C=O) groups is 1. The van der Waals surface area contributed by atoms with Crippen LogP contribution in [0.3, 0.4) is 0 Å². The van der Waals surface area contributed by atoms with Gasteiger partial charge in [0.15, 0.2) is 0 Å². The summed E-state index contributed by atoms with van der Waals surface area (Å²) >= 11 is 0. The summed E-state index contributed by atoms with van der Waals surface area (Å²) < 4.78 is 0. The summed E-state index contributed by atoms with van der Waals surface area (Å²) in [6.45, 7) is 4.03. The number of ketones is 1. The number of aliphatic hydroxyl groups excluding tert-OH is 1. The van der Waals surface area contributed by atoms with E-state index in [1.165, 1.54) is 0 Å². The minimum Gasteiger partial charge on any atom is -0.390 e. The van der Waals surface area contributed by atoms with E-state index in [9.17, 15) is 15.0 Å². The van der Waals surface area contributed by atoms with Crippen molar-refractivity contribution in [2.24, 2.45) is 17.8 Å². The smallest absolute Gasteiger partial charge is 0.138 e. The molecule has 4 nitrogen and oxygen atoms in total. The molecule has 0 amide bonds. The third-order valence-electron chi connectivity index (χ3n) is 6.74. The molecule has 2 heterocycles. The van der Waals surface area contributed by atoms with Crippen molar-refractivity contribution in [2.45, 2.75) is 62.7 Å². The van der Waals surface area contributed by atoms with E-state index in [2.05, 4.69) is 11.8 Å². The number of piperidine rings is 2. The van der Waals surface area contributed by atoms with Gasteiger partial charge in [0, 0.05) is 18.9 Å². The average molecular weight is 279 g/mol. The number of nitrogens with zero attached hydrogens (tertiary/aromatic N) is 1. The molecule has 2 aliphatic heterocycles. The van der Waals surface area contributed by atoms with E-state index in [0.29, 0.717) is 24.5 Å². The van der Waals surface area contributed by atoms with Crippen molar-refractivity contribution in [1.82, 2.24) is 4.90 Å². The zero-order chi connectivity index (χ0) is 14.1. The van der Waals surface area contributed by atoms with Crippen LogP contribution in [0.4, 0.5) is 0 Å². The lowest BCUT2D eigenvalue weighted by Crippen LogP contribution is -2.83. The molecule has 2 saturated carbocycles. The molecule has 1 spiro atoms. The van der Waals surface area contributed by atoms with Gasteiger partial charge in [0.05, 0.1) is 11.6 Å². The number of hydrogen-bond donors (Lipinski definition) is 2. The van der Waals surface area contributed by atoms with Gasteiger partial charge in [-0.1, -0.05) is 6.92 Å². The quantitative estimate of drug-likeness (QED) is 0.693. The lowest BCUT2D eigenvalue weighted by Gasteiger charge is -2.70. The van der Waals surface area contributed by atoms with Crippen molar-refractivity contribution < 1.29 is 15.0 Å². The largest absolute Gasteiger partial charge is 0.390 e. The van der Waals surface area contributed by atoms with Gasteiger partial charge in [0.1, 0.15) is 11.4 Å². The van der Waals surface area contributed by atoms with Crippen LogP contribution >= 0.6 is 0 Å². The fourth-order valence-corrected chi connectivity index (χ4v) is 6.17. The van der Waals surface area contributed by atoms with E-state index in [4.69, 9.17) is 0 Å². The zero-order valence-electron chi connectivity index (χ0n) is 12.2. The number of Topliss-reactive ketones (excluding diaryl/α,β-unsaturated/α-hetero) is 1. The Labute approximate surface area is 120 Å². The van der Waals surface area contributed by atoms with Crippen LogP contribution in [0.1, 0.15) is 45.4 Å². The Morgan fingerprint density at radius 3 is 2.90 bits per heavy atom. The second kappa shape index (κ2) is 4.05. The van der Waals surface area contributed by atoms with Crippen molar-refractivity contribution in [3.63, 3.8) is 0 Å². The molecule has 112 valence electrons. The van der Waals surface area contributed by atoms with Crippen LogP contribution in [0.2, 0.25) is 0 Å². The predicted molar refractivity (Wildman–Crippen MR) is 74.1 cm³/mol. The molecule has 6 atom stereocenters. The third kappa shape index (κ3) is 1.31. The van der Waals surface area contributed by atoms with Gasteiger partial charge in [-0.2, -0.15) is 0 Å². The predicted octanol–water partition coefficient (Wildman–Crippen LogP) is 0.952. The summed E-state index contributed by atoms with van der Waals surface area (Å²) in [6, 6.07) is 0. The Morgan fingerprint density at radius 1 is 1.30 bits per heavy atom. The fraction of sp³-hybridized carbons (Fsp3) is 0.938. The zero-order valence-corrected chi connectivity index (χ0v) is 12.2. The van der Waals surface area contributed by atoms with E-state index in [1.807, 2.05) is 0 Å². The molecule has 20 heavy (non-hydrogen) atoms. The molecule has 4 rings (SSSR count). The molecular weight excluding hydrogens is 254 g/mol. The molecule has 4 heteroatoms. The standard InChI is InChI=1S/C16H25NO3/c1-10-7-11-8-13(18)12-3-2-5-17-6-4-14(19)16(11,20)15(12,17)9-10/h10-12,14,19-20H,2-9H2,1H3. The van der Waals surface area contributed by atoms with Gasteiger partial charge >= 0.3 is 0 Å². The molecule has 6 unspecified atom stereocenters. The second-order valence-electron chi connectivity index (χ2n) is 7.65. The summed E-state index contributed by atoms with van der Waals surface area (Å²) in [7, 11) is 0. The molecular formula is C16H25NO3. The monoisotopic (exact) mass is 279 g/mol. The van der Waals surface area contributed by atoms with Crippen LogP contribution < -0.4 is 0 Å². The van der Waals surface area contributed by atoms with Crippen LogP contribution in [-0.2, 0) is 4.79 Å². The first-order chi connectivity index (χ1) is 9.50. The molecule has 4 aliphatic rings.